The Hall–Kier alpha value is -1.93. The fourth-order valence-electron chi connectivity index (χ4n) is 3.85. The zero-order valence-electron chi connectivity index (χ0n) is 14.9. The number of aromatic nitrogens is 3. The zero-order chi connectivity index (χ0) is 18.3. The lowest BCUT2D eigenvalue weighted by atomic mass is 9.89. The van der Waals surface area contributed by atoms with E-state index in [1.165, 1.54) is 15.2 Å². The standard InChI is InChI=1S/C18H24N4O3S/c1-13-5-7-16-15(11-13)18(23)22(20-16)17-8-6-14(12-19-17)26(24,25)21-9-3-2-4-10-21/h6,8,12-13,20H,2-5,7,9-11H2,1H3. The van der Waals surface area contributed by atoms with Crippen molar-refractivity contribution in [1.29, 1.82) is 0 Å². The van der Waals surface area contributed by atoms with E-state index in [1.807, 2.05) is 0 Å². The molecule has 0 bridgehead atoms. The van der Waals surface area contributed by atoms with Crippen LogP contribution in [0, 0.1) is 5.92 Å². The van der Waals surface area contributed by atoms with Crippen molar-refractivity contribution in [2.45, 2.75) is 50.3 Å². The van der Waals surface area contributed by atoms with Crippen LogP contribution in [0.3, 0.4) is 0 Å². The van der Waals surface area contributed by atoms with Crippen molar-refractivity contribution in [2.24, 2.45) is 5.92 Å². The number of nitrogens with zero attached hydrogens (tertiary/aromatic N) is 3. The number of hydrogen-bond acceptors (Lipinski definition) is 4. The molecule has 1 aliphatic heterocycles. The summed E-state index contributed by atoms with van der Waals surface area (Å²) in [5, 5.41) is 3.14. The van der Waals surface area contributed by atoms with Crippen LogP contribution in [-0.4, -0.2) is 40.6 Å². The lowest BCUT2D eigenvalue weighted by Gasteiger charge is -2.25. The van der Waals surface area contributed by atoms with Gasteiger partial charge in [0.15, 0.2) is 5.82 Å². The van der Waals surface area contributed by atoms with Crippen LogP contribution in [0.1, 0.15) is 43.9 Å². The summed E-state index contributed by atoms with van der Waals surface area (Å²) < 4.78 is 28.4. The second kappa shape index (κ2) is 6.66. The zero-order valence-corrected chi connectivity index (χ0v) is 15.8. The number of pyridine rings is 1. The minimum absolute atomic E-state index is 0.0781. The van der Waals surface area contributed by atoms with Crippen LogP contribution in [-0.2, 0) is 22.9 Å². The summed E-state index contributed by atoms with van der Waals surface area (Å²) in [5.41, 5.74) is 1.72. The minimum Gasteiger partial charge on any atom is -0.293 e. The second-order valence-corrected chi connectivity index (χ2v) is 9.31. The van der Waals surface area contributed by atoms with Gasteiger partial charge in [0.1, 0.15) is 4.90 Å². The maximum Gasteiger partial charge on any atom is 0.276 e. The van der Waals surface area contributed by atoms with Crippen molar-refractivity contribution >= 4 is 10.0 Å². The molecule has 1 N–H and O–H groups in total. The Bertz CT molecular complexity index is 953. The van der Waals surface area contributed by atoms with Gasteiger partial charge in [0.05, 0.1) is 0 Å². The third-order valence-electron chi connectivity index (χ3n) is 5.41. The summed E-state index contributed by atoms with van der Waals surface area (Å²) in [4.78, 5) is 17.1. The summed E-state index contributed by atoms with van der Waals surface area (Å²) in [6.07, 6.45) is 6.92. The molecule has 2 aromatic heterocycles. The largest absolute Gasteiger partial charge is 0.293 e. The van der Waals surface area contributed by atoms with E-state index in [1.54, 1.807) is 12.1 Å². The molecule has 8 heteroatoms. The predicted molar refractivity (Wildman–Crippen MR) is 98.0 cm³/mol. The molecule has 0 amide bonds. The van der Waals surface area contributed by atoms with E-state index in [4.69, 9.17) is 0 Å². The molecular formula is C18H24N4O3S. The van der Waals surface area contributed by atoms with Crippen molar-refractivity contribution in [1.82, 2.24) is 19.1 Å². The number of fused-ring (bicyclic) bond motifs is 1. The van der Waals surface area contributed by atoms with Crippen LogP contribution in [0.5, 0.6) is 0 Å². The molecule has 7 nitrogen and oxygen atoms in total. The maximum atomic E-state index is 12.7. The fourth-order valence-corrected chi connectivity index (χ4v) is 5.31. The van der Waals surface area contributed by atoms with E-state index >= 15 is 0 Å². The lowest BCUT2D eigenvalue weighted by molar-refractivity contribution is 0.346. The van der Waals surface area contributed by atoms with Gasteiger partial charge in [-0.3, -0.25) is 9.89 Å². The quantitative estimate of drug-likeness (QED) is 0.886. The first-order valence-corrected chi connectivity index (χ1v) is 10.7. The third-order valence-corrected chi connectivity index (χ3v) is 7.30. The Morgan fingerprint density at radius 1 is 1.19 bits per heavy atom. The van der Waals surface area contributed by atoms with Crippen molar-refractivity contribution in [3.05, 3.63) is 39.9 Å². The topological polar surface area (TPSA) is 88.1 Å². The number of aryl methyl sites for hydroxylation is 1. The molecule has 1 fully saturated rings. The third kappa shape index (κ3) is 3.01. The van der Waals surface area contributed by atoms with Gasteiger partial charge in [-0.2, -0.15) is 4.31 Å². The highest BCUT2D eigenvalue weighted by Gasteiger charge is 2.27. The summed E-state index contributed by atoms with van der Waals surface area (Å²) >= 11 is 0. The molecule has 2 aromatic rings. The fraction of sp³-hybridized carbons (Fsp3) is 0.556. The van der Waals surface area contributed by atoms with Gasteiger partial charge in [-0.25, -0.2) is 18.1 Å². The van der Waals surface area contributed by atoms with E-state index in [2.05, 4.69) is 17.0 Å². The monoisotopic (exact) mass is 376 g/mol. The van der Waals surface area contributed by atoms with Gasteiger partial charge >= 0.3 is 0 Å². The Morgan fingerprint density at radius 2 is 1.96 bits per heavy atom. The Kier molecular flexibility index (Phi) is 4.48. The number of sulfonamides is 1. The molecule has 26 heavy (non-hydrogen) atoms. The van der Waals surface area contributed by atoms with Crippen molar-refractivity contribution in [3.63, 3.8) is 0 Å². The number of H-pyrrole nitrogens is 1. The van der Waals surface area contributed by atoms with Gasteiger partial charge in [-0.05, 0) is 50.2 Å². The van der Waals surface area contributed by atoms with Crippen LogP contribution in [0.4, 0.5) is 0 Å². The highest BCUT2D eigenvalue weighted by molar-refractivity contribution is 7.89. The number of nitrogens with one attached hydrogen (secondary N) is 1. The molecular weight excluding hydrogens is 352 g/mol. The molecule has 0 spiro atoms. The Labute approximate surface area is 153 Å². The SMILES string of the molecule is CC1CCc2[nH]n(-c3ccc(S(=O)(=O)N4CCCCC4)cn3)c(=O)c2C1. The van der Waals surface area contributed by atoms with Crippen molar-refractivity contribution in [2.75, 3.05) is 13.1 Å². The highest BCUT2D eigenvalue weighted by atomic mass is 32.2. The predicted octanol–water partition coefficient (Wildman–Crippen LogP) is 1.86. The Morgan fingerprint density at radius 3 is 2.65 bits per heavy atom. The molecule has 2 aliphatic rings. The average molecular weight is 376 g/mol. The number of aromatic amines is 1. The summed E-state index contributed by atoms with van der Waals surface area (Å²) in [6.45, 7) is 3.27. The molecule has 1 saturated heterocycles. The molecule has 0 radical (unpaired) electrons. The molecule has 1 unspecified atom stereocenters. The maximum absolute atomic E-state index is 12.7. The smallest absolute Gasteiger partial charge is 0.276 e. The van der Waals surface area contributed by atoms with Gasteiger partial charge in [0.2, 0.25) is 10.0 Å². The summed E-state index contributed by atoms with van der Waals surface area (Å²) in [6, 6.07) is 3.14. The van der Waals surface area contributed by atoms with Gasteiger partial charge in [0.25, 0.3) is 5.56 Å². The first-order valence-electron chi connectivity index (χ1n) is 9.26. The van der Waals surface area contributed by atoms with E-state index in [9.17, 15) is 13.2 Å². The summed E-state index contributed by atoms with van der Waals surface area (Å²) in [7, 11) is -3.51. The van der Waals surface area contributed by atoms with E-state index in [0.717, 1.165) is 49.8 Å². The molecule has 0 saturated carbocycles. The van der Waals surface area contributed by atoms with Gasteiger partial charge < -0.3 is 0 Å². The number of rotatable bonds is 3. The van der Waals surface area contributed by atoms with E-state index < -0.39 is 10.0 Å². The van der Waals surface area contributed by atoms with Crippen LogP contribution >= 0.6 is 0 Å². The van der Waals surface area contributed by atoms with Gasteiger partial charge in [0, 0.05) is 30.5 Å². The molecule has 1 atom stereocenters. The number of hydrogen-bond donors (Lipinski definition) is 1. The molecule has 1 aliphatic carbocycles. The van der Waals surface area contributed by atoms with Crippen molar-refractivity contribution in [3.8, 4) is 5.82 Å². The molecule has 0 aromatic carbocycles. The normalized spacial score (nSPS) is 21.5. The second-order valence-electron chi connectivity index (χ2n) is 7.37. The van der Waals surface area contributed by atoms with Crippen LogP contribution in [0.25, 0.3) is 5.82 Å². The first-order chi connectivity index (χ1) is 12.5. The van der Waals surface area contributed by atoms with Crippen LogP contribution < -0.4 is 5.56 Å². The molecule has 3 heterocycles. The molecule has 140 valence electrons. The Balaban J connectivity index is 1.64. The summed E-state index contributed by atoms with van der Waals surface area (Å²) in [5.74, 6) is 0.930. The highest BCUT2D eigenvalue weighted by Crippen LogP contribution is 2.23. The van der Waals surface area contributed by atoms with E-state index in [-0.39, 0.29) is 10.5 Å². The molecule has 4 rings (SSSR count). The first kappa shape index (κ1) is 17.5. The van der Waals surface area contributed by atoms with E-state index in [0.29, 0.717) is 24.8 Å². The van der Waals surface area contributed by atoms with Crippen LogP contribution in [0.15, 0.2) is 28.0 Å². The van der Waals surface area contributed by atoms with Crippen molar-refractivity contribution < 1.29 is 8.42 Å². The average Bonchev–Trinajstić information content (AvgIpc) is 2.99. The number of piperidine rings is 1. The van der Waals surface area contributed by atoms with Crippen LogP contribution in [0.2, 0.25) is 0 Å². The van der Waals surface area contributed by atoms with Gasteiger partial charge in [-0.15, -0.1) is 0 Å². The lowest BCUT2D eigenvalue weighted by Crippen LogP contribution is -2.35. The van der Waals surface area contributed by atoms with Gasteiger partial charge in [-0.1, -0.05) is 13.3 Å². The minimum atomic E-state index is -3.51.